The molecule has 21 heavy (non-hydrogen) atoms. The highest BCUT2D eigenvalue weighted by Gasteiger charge is 2.33. The first-order valence-corrected chi connectivity index (χ1v) is 6.34. The van der Waals surface area contributed by atoms with E-state index in [0.29, 0.717) is 11.3 Å². The van der Waals surface area contributed by atoms with E-state index in [2.05, 4.69) is 9.72 Å². The van der Waals surface area contributed by atoms with Crippen molar-refractivity contribution in [2.75, 3.05) is 0 Å². The molecule has 1 aliphatic carbocycles. The van der Waals surface area contributed by atoms with Gasteiger partial charge in [0.1, 0.15) is 5.75 Å². The smallest absolute Gasteiger partial charge is 0.387 e. The van der Waals surface area contributed by atoms with Gasteiger partial charge in [0.05, 0.1) is 5.69 Å². The summed E-state index contributed by atoms with van der Waals surface area (Å²) in [7, 11) is 0. The third-order valence-corrected chi connectivity index (χ3v) is 3.14. The number of halogens is 2. The molecule has 110 valence electrons. The second-order valence-corrected chi connectivity index (χ2v) is 4.72. The van der Waals surface area contributed by atoms with Crippen LogP contribution in [0.3, 0.4) is 0 Å². The summed E-state index contributed by atoms with van der Waals surface area (Å²) in [6.07, 6.45) is 1.79. The molecule has 0 bridgehead atoms. The third-order valence-electron chi connectivity index (χ3n) is 3.14. The molecule has 2 aromatic rings. The van der Waals surface area contributed by atoms with Crippen molar-refractivity contribution in [1.29, 1.82) is 0 Å². The van der Waals surface area contributed by atoms with Gasteiger partial charge in [-0.3, -0.25) is 0 Å². The first-order valence-electron chi connectivity index (χ1n) is 6.34. The minimum Gasteiger partial charge on any atom is -0.475 e. The van der Waals surface area contributed by atoms with E-state index in [0.717, 1.165) is 12.8 Å². The van der Waals surface area contributed by atoms with Gasteiger partial charge in [-0.05, 0) is 37.1 Å². The number of nitrogens with zero attached hydrogens (tertiary/aromatic N) is 1. The van der Waals surface area contributed by atoms with Crippen LogP contribution in [0.4, 0.5) is 8.78 Å². The van der Waals surface area contributed by atoms with Crippen molar-refractivity contribution in [2.24, 2.45) is 0 Å². The van der Waals surface area contributed by atoms with Gasteiger partial charge >= 0.3 is 12.6 Å². The fraction of sp³-hybridized carbons (Fsp3) is 0.286. The molecule has 0 aliphatic heterocycles. The van der Waals surface area contributed by atoms with Crippen LogP contribution in [0.1, 0.15) is 35.0 Å². The summed E-state index contributed by atoms with van der Waals surface area (Å²) in [5.41, 5.74) is 0.955. The van der Waals surface area contributed by atoms with Crippen LogP contribution in [-0.2, 0) is 0 Å². The molecule has 1 aliphatic rings. The second kappa shape index (κ2) is 5.16. The molecule has 0 spiro atoms. The lowest BCUT2D eigenvalue weighted by atomic mass is 10.2. The third kappa shape index (κ3) is 2.86. The molecule has 1 aromatic heterocycles. The number of ether oxygens (including phenoxy) is 1. The molecular weight excluding hydrogens is 284 g/mol. The van der Waals surface area contributed by atoms with Gasteiger partial charge in [-0.1, -0.05) is 0 Å². The number of carboxylic acids is 1. The molecule has 0 saturated heterocycles. The van der Waals surface area contributed by atoms with E-state index in [1.165, 1.54) is 24.3 Å². The molecule has 1 aromatic carbocycles. The van der Waals surface area contributed by atoms with Crippen LogP contribution >= 0.6 is 0 Å². The molecule has 0 unspecified atom stereocenters. The fourth-order valence-corrected chi connectivity index (χ4v) is 2.02. The molecule has 0 amide bonds. The Hall–Kier alpha value is -2.44. The molecule has 0 atom stereocenters. The SMILES string of the molecule is O=C(O)c1oc(-c2ccc(OC(F)F)cc2)nc1C1CC1. The van der Waals surface area contributed by atoms with Crippen molar-refractivity contribution >= 4 is 5.97 Å². The van der Waals surface area contributed by atoms with Crippen LogP contribution in [0, 0.1) is 0 Å². The summed E-state index contributed by atoms with van der Waals surface area (Å²) >= 11 is 0. The number of alkyl halides is 2. The predicted octanol–water partition coefficient (Wildman–Crippen LogP) is 3.52. The summed E-state index contributed by atoms with van der Waals surface area (Å²) < 4.78 is 33.7. The van der Waals surface area contributed by atoms with E-state index in [1.54, 1.807) is 0 Å². The van der Waals surface area contributed by atoms with Gasteiger partial charge in [0.15, 0.2) is 0 Å². The number of rotatable bonds is 5. The zero-order chi connectivity index (χ0) is 15.0. The zero-order valence-corrected chi connectivity index (χ0v) is 10.8. The largest absolute Gasteiger partial charge is 0.475 e. The average Bonchev–Trinajstić information content (AvgIpc) is 3.18. The van der Waals surface area contributed by atoms with Crippen LogP contribution in [-0.4, -0.2) is 22.7 Å². The molecule has 5 nitrogen and oxygen atoms in total. The van der Waals surface area contributed by atoms with Crippen LogP contribution in [0.15, 0.2) is 28.7 Å². The maximum atomic E-state index is 12.1. The summed E-state index contributed by atoms with van der Waals surface area (Å²) in [6.45, 7) is -2.89. The summed E-state index contributed by atoms with van der Waals surface area (Å²) in [5, 5.41) is 9.11. The van der Waals surface area contributed by atoms with E-state index < -0.39 is 12.6 Å². The Balaban J connectivity index is 1.89. The number of hydrogen-bond acceptors (Lipinski definition) is 4. The van der Waals surface area contributed by atoms with Gasteiger partial charge in [-0.15, -0.1) is 0 Å². The van der Waals surface area contributed by atoms with Gasteiger partial charge in [0.25, 0.3) is 0 Å². The molecular formula is C14H11F2NO4. The Kier molecular flexibility index (Phi) is 3.32. The van der Waals surface area contributed by atoms with Crippen molar-refractivity contribution in [3.63, 3.8) is 0 Å². The first kappa shape index (κ1) is 13.5. The van der Waals surface area contributed by atoms with E-state index in [4.69, 9.17) is 9.52 Å². The number of carbonyl (C=O) groups is 1. The lowest BCUT2D eigenvalue weighted by Gasteiger charge is -2.03. The number of aromatic nitrogens is 1. The maximum absolute atomic E-state index is 12.1. The average molecular weight is 295 g/mol. The van der Waals surface area contributed by atoms with Gasteiger partial charge < -0.3 is 14.3 Å². The fourth-order valence-electron chi connectivity index (χ4n) is 2.02. The van der Waals surface area contributed by atoms with Crippen LogP contribution < -0.4 is 4.74 Å². The molecule has 3 rings (SSSR count). The highest BCUT2D eigenvalue weighted by atomic mass is 19.3. The van der Waals surface area contributed by atoms with E-state index in [-0.39, 0.29) is 23.3 Å². The predicted molar refractivity (Wildman–Crippen MR) is 67.5 cm³/mol. The summed E-state index contributed by atoms with van der Waals surface area (Å²) in [6, 6.07) is 5.68. The molecule has 1 N–H and O–H groups in total. The summed E-state index contributed by atoms with van der Waals surface area (Å²) in [4.78, 5) is 15.4. The monoisotopic (exact) mass is 295 g/mol. The Morgan fingerprint density at radius 1 is 1.33 bits per heavy atom. The van der Waals surface area contributed by atoms with Gasteiger partial charge in [0.2, 0.25) is 11.7 Å². The molecule has 1 fully saturated rings. The van der Waals surface area contributed by atoms with E-state index >= 15 is 0 Å². The number of aromatic carboxylic acids is 1. The minimum absolute atomic E-state index is 0.0150. The maximum Gasteiger partial charge on any atom is 0.387 e. The van der Waals surface area contributed by atoms with Crippen molar-refractivity contribution in [3.8, 4) is 17.2 Å². The molecule has 1 saturated carbocycles. The van der Waals surface area contributed by atoms with E-state index in [9.17, 15) is 13.6 Å². The molecule has 7 heteroatoms. The van der Waals surface area contributed by atoms with Crippen LogP contribution in [0.25, 0.3) is 11.5 Å². The zero-order valence-electron chi connectivity index (χ0n) is 10.8. The number of benzene rings is 1. The number of hydrogen-bond donors (Lipinski definition) is 1. The Morgan fingerprint density at radius 3 is 2.52 bits per heavy atom. The van der Waals surface area contributed by atoms with Crippen molar-refractivity contribution in [3.05, 3.63) is 35.7 Å². The van der Waals surface area contributed by atoms with Crippen LogP contribution in [0.2, 0.25) is 0 Å². The highest BCUT2D eigenvalue weighted by molar-refractivity contribution is 5.86. The van der Waals surface area contributed by atoms with Gasteiger partial charge in [-0.2, -0.15) is 8.78 Å². The molecule has 0 radical (unpaired) electrons. The molecule has 1 heterocycles. The Labute approximate surface area is 118 Å². The lowest BCUT2D eigenvalue weighted by molar-refractivity contribution is -0.0498. The van der Waals surface area contributed by atoms with Crippen molar-refractivity contribution in [2.45, 2.75) is 25.4 Å². The van der Waals surface area contributed by atoms with Crippen LogP contribution in [0.5, 0.6) is 5.75 Å². The van der Waals surface area contributed by atoms with Crippen molar-refractivity contribution < 1.29 is 27.8 Å². The topological polar surface area (TPSA) is 72.6 Å². The highest BCUT2D eigenvalue weighted by Crippen LogP contribution is 2.42. The van der Waals surface area contributed by atoms with E-state index in [1.807, 2.05) is 0 Å². The quantitative estimate of drug-likeness (QED) is 0.913. The van der Waals surface area contributed by atoms with Crippen molar-refractivity contribution in [1.82, 2.24) is 4.98 Å². The second-order valence-electron chi connectivity index (χ2n) is 4.72. The standard InChI is InChI=1S/C14H11F2NO4/c15-14(16)20-9-5-3-8(4-6-9)12-17-10(7-1-2-7)11(21-12)13(18)19/h3-7,14H,1-2H2,(H,18,19). The lowest BCUT2D eigenvalue weighted by Crippen LogP contribution is -2.01. The number of carboxylic acid groups (broad SMARTS) is 1. The van der Waals surface area contributed by atoms with Gasteiger partial charge in [-0.25, -0.2) is 9.78 Å². The Bertz CT molecular complexity index is 662. The van der Waals surface area contributed by atoms with Gasteiger partial charge in [0, 0.05) is 11.5 Å². The number of oxazole rings is 1. The summed E-state index contributed by atoms with van der Waals surface area (Å²) in [5.74, 6) is -0.997. The minimum atomic E-state index is -2.89. The Morgan fingerprint density at radius 2 is 2.00 bits per heavy atom. The first-order chi connectivity index (χ1) is 10.0. The normalized spacial score (nSPS) is 14.4.